The van der Waals surface area contributed by atoms with Gasteiger partial charge in [0.15, 0.2) is 0 Å². The average Bonchev–Trinajstić information content (AvgIpc) is 3.42. The second-order valence-corrected chi connectivity index (χ2v) is 11.6. The first-order chi connectivity index (χ1) is 21.2. The van der Waals surface area contributed by atoms with Crippen molar-refractivity contribution in [3.05, 3.63) is 129 Å². The van der Waals surface area contributed by atoms with Gasteiger partial charge in [-0.05, 0) is 85.5 Å². The molecule has 6 nitrogen and oxygen atoms in total. The fourth-order valence-electron chi connectivity index (χ4n) is 5.89. The van der Waals surface area contributed by atoms with Crippen molar-refractivity contribution in [3.63, 3.8) is 0 Å². The van der Waals surface area contributed by atoms with Gasteiger partial charge in [0.05, 0.1) is 5.56 Å². The number of pyridine rings is 1. The topological polar surface area (TPSA) is 108 Å². The van der Waals surface area contributed by atoms with Crippen molar-refractivity contribution >= 4 is 17.3 Å². The average molecular weight is 608 g/mol. The largest absolute Gasteiger partial charge is 0.489 e. The van der Waals surface area contributed by atoms with Crippen LogP contribution in [0, 0.1) is 22.6 Å². The predicted octanol–water partition coefficient (Wildman–Crippen LogP) is 7.63. The van der Waals surface area contributed by atoms with Crippen LogP contribution in [0.5, 0.6) is 5.75 Å². The molecule has 1 aliphatic carbocycles. The van der Waals surface area contributed by atoms with E-state index in [1.165, 1.54) is 23.4 Å². The van der Waals surface area contributed by atoms with E-state index in [9.17, 15) is 9.65 Å². The number of hydrogen-bond donors (Lipinski definition) is 3. The Kier molecular flexibility index (Phi) is 9.74. The fraction of sp³-hybridized carbons (Fsp3) is 0.250. The monoisotopic (exact) mass is 607 g/mol. The lowest BCUT2D eigenvalue weighted by atomic mass is 9.90. The van der Waals surface area contributed by atoms with Gasteiger partial charge in [0, 0.05) is 64.2 Å². The van der Waals surface area contributed by atoms with Crippen LogP contribution in [-0.2, 0) is 26.0 Å². The molecule has 44 heavy (non-hydrogen) atoms. The summed E-state index contributed by atoms with van der Waals surface area (Å²) in [7, 11) is 0. The maximum absolute atomic E-state index is 14.7. The second-order valence-electron chi connectivity index (χ2n) is 11.2. The van der Waals surface area contributed by atoms with E-state index in [1.54, 1.807) is 32.2 Å². The summed E-state index contributed by atoms with van der Waals surface area (Å²) >= 11 is 6.91. The smallest absolute Gasteiger partial charge is 0.131 e. The molecule has 5 rings (SSSR count). The molecule has 0 saturated carbocycles. The van der Waals surface area contributed by atoms with Crippen molar-refractivity contribution < 1.29 is 9.13 Å². The number of fused-ring (bicyclic) bond motifs is 1. The molecule has 1 aromatic heterocycles. The first-order valence-corrected chi connectivity index (χ1v) is 15.0. The summed E-state index contributed by atoms with van der Waals surface area (Å²) in [6.45, 7) is 4.64. The first kappa shape index (κ1) is 30.9. The molecule has 8 heteroatoms. The van der Waals surface area contributed by atoms with Gasteiger partial charge >= 0.3 is 0 Å². The minimum Gasteiger partial charge on any atom is -0.489 e. The minimum atomic E-state index is -0.214. The van der Waals surface area contributed by atoms with Gasteiger partial charge in [0.1, 0.15) is 24.2 Å². The lowest BCUT2D eigenvalue weighted by Crippen LogP contribution is -2.22. The third kappa shape index (κ3) is 6.99. The minimum absolute atomic E-state index is 0.214. The fourth-order valence-corrected chi connectivity index (χ4v) is 6.16. The van der Waals surface area contributed by atoms with Gasteiger partial charge in [0.25, 0.3) is 0 Å². The second kappa shape index (κ2) is 13.9. The van der Waals surface area contributed by atoms with E-state index in [0.717, 1.165) is 40.7 Å². The van der Waals surface area contributed by atoms with Crippen molar-refractivity contribution in [2.45, 2.75) is 52.2 Å². The third-order valence-corrected chi connectivity index (χ3v) is 8.47. The van der Waals surface area contributed by atoms with Crippen LogP contribution >= 0.6 is 11.6 Å². The summed E-state index contributed by atoms with van der Waals surface area (Å²) in [5.74, 6) is 0.700. The Labute approximate surface area is 262 Å². The van der Waals surface area contributed by atoms with Crippen molar-refractivity contribution in [2.75, 3.05) is 6.54 Å². The van der Waals surface area contributed by atoms with E-state index in [0.29, 0.717) is 52.8 Å². The highest BCUT2D eigenvalue weighted by atomic mass is 35.5. The Balaban J connectivity index is 1.42. The number of rotatable bonds is 11. The Hall–Kier alpha value is -4.51. The lowest BCUT2D eigenvalue weighted by Gasteiger charge is -2.19. The zero-order chi connectivity index (χ0) is 31.2. The molecule has 4 N–H and O–H groups in total. The SMILES string of the molecule is CC(=N)/C(CNCc1cc(Cl)c(C[C@H]2CCc3c(-c4ccccc4F)cccc32)cc1OCc1cncc(C#N)c1)=C(/C)N. The summed E-state index contributed by atoms with van der Waals surface area (Å²) in [6, 6.07) is 20.9. The van der Waals surface area contributed by atoms with Crippen LogP contribution in [0.15, 0.2) is 84.3 Å². The summed E-state index contributed by atoms with van der Waals surface area (Å²) in [5.41, 5.74) is 14.9. The van der Waals surface area contributed by atoms with E-state index >= 15 is 0 Å². The number of benzene rings is 3. The quantitative estimate of drug-likeness (QED) is 0.152. The molecule has 0 spiro atoms. The van der Waals surface area contributed by atoms with Crippen LogP contribution in [0.2, 0.25) is 5.02 Å². The summed E-state index contributed by atoms with van der Waals surface area (Å²) in [6.07, 6.45) is 5.74. The summed E-state index contributed by atoms with van der Waals surface area (Å²) < 4.78 is 21.0. The summed E-state index contributed by atoms with van der Waals surface area (Å²) in [4.78, 5) is 4.15. The molecule has 1 aliphatic rings. The number of nitrogens with zero attached hydrogens (tertiary/aromatic N) is 2. The molecule has 224 valence electrons. The molecule has 0 fully saturated rings. The molecule has 0 amide bonds. The highest BCUT2D eigenvalue weighted by molar-refractivity contribution is 6.31. The summed E-state index contributed by atoms with van der Waals surface area (Å²) in [5, 5.41) is 21.3. The number of hydrogen-bond acceptors (Lipinski definition) is 6. The van der Waals surface area contributed by atoms with Gasteiger partial charge in [-0.2, -0.15) is 5.26 Å². The molecule has 1 atom stereocenters. The van der Waals surface area contributed by atoms with Crippen LogP contribution in [0.1, 0.15) is 59.6 Å². The Morgan fingerprint density at radius 1 is 1.11 bits per heavy atom. The number of nitrogens with one attached hydrogen (secondary N) is 2. The van der Waals surface area contributed by atoms with Crippen LogP contribution in [0.4, 0.5) is 4.39 Å². The Morgan fingerprint density at radius 2 is 1.91 bits per heavy atom. The molecule has 1 heterocycles. The number of halogens is 2. The van der Waals surface area contributed by atoms with E-state index in [1.807, 2.05) is 36.4 Å². The van der Waals surface area contributed by atoms with Crippen molar-refractivity contribution in [1.29, 1.82) is 10.7 Å². The zero-order valence-corrected chi connectivity index (χ0v) is 25.6. The van der Waals surface area contributed by atoms with Gasteiger partial charge in [-0.15, -0.1) is 0 Å². The van der Waals surface area contributed by atoms with Gasteiger partial charge in [-0.3, -0.25) is 4.98 Å². The number of ether oxygens (including phenoxy) is 1. The number of allylic oxidation sites excluding steroid dienone is 1. The number of aromatic nitrogens is 1. The number of nitriles is 1. The van der Waals surface area contributed by atoms with Crippen molar-refractivity contribution in [2.24, 2.45) is 5.73 Å². The molecule has 4 aromatic rings. The van der Waals surface area contributed by atoms with Gasteiger partial charge in [0.2, 0.25) is 0 Å². The molecule has 0 unspecified atom stereocenters. The third-order valence-electron chi connectivity index (χ3n) is 8.12. The Bertz CT molecular complexity index is 1770. The van der Waals surface area contributed by atoms with Crippen LogP contribution in [-0.4, -0.2) is 17.2 Å². The zero-order valence-electron chi connectivity index (χ0n) is 24.9. The molecule has 0 aliphatic heterocycles. The van der Waals surface area contributed by atoms with Crippen LogP contribution in [0.25, 0.3) is 11.1 Å². The highest BCUT2D eigenvalue weighted by Crippen LogP contribution is 2.42. The van der Waals surface area contributed by atoms with E-state index < -0.39 is 0 Å². The maximum Gasteiger partial charge on any atom is 0.131 e. The van der Waals surface area contributed by atoms with Crippen LogP contribution < -0.4 is 15.8 Å². The molecular weight excluding hydrogens is 573 g/mol. The van der Waals surface area contributed by atoms with E-state index in [4.69, 9.17) is 27.5 Å². The van der Waals surface area contributed by atoms with Crippen molar-refractivity contribution in [3.8, 4) is 22.9 Å². The maximum atomic E-state index is 14.7. The molecular formula is C36H35ClFN5O. The highest BCUT2D eigenvalue weighted by Gasteiger charge is 2.27. The van der Waals surface area contributed by atoms with Gasteiger partial charge < -0.3 is 21.2 Å². The molecule has 3 aromatic carbocycles. The lowest BCUT2D eigenvalue weighted by molar-refractivity contribution is 0.301. The molecule has 0 radical (unpaired) electrons. The van der Waals surface area contributed by atoms with Crippen LogP contribution in [0.3, 0.4) is 0 Å². The Morgan fingerprint density at radius 3 is 2.66 bits per heavy atom. The van der Waals surface area contributed by atoms with Gasteiger partial charge in [-0.25, -0.2) is 4.39 Å². The first-order valence-electron chi connectivity index (χ1n) is 14.6. The molecule has 0 bridgehead atoms. The van der Waals surface area contributed by atoms with E-state index in [2.05, 4.69) is 22.4 Å². The normalized spacial score (nSPS) is 14.5. The molecule has 0 saturated heterocycles. The van der Waals surface area contributed by atoms with Crippen molar-refractivity contribution in [1.82, 2.24) is 10.3 Å². The number of nitrogens with two attached hydrogens (primary N) is 1. The standard InChI is InChI=1S/C36H35ClFN5O/c1-22(40)33(23(2)41)20-43-19-28-14-34(37)27(15-36(28)44-21-25-12-24(16-39)17-42-18-25)13-26-10-11-31-29(26)7-5-8-30(31)32-6-3-4-9-35(32)38/h3-9,12,14-15,17-18,26,40,43H,10-11,13,19-21,41H2,1-2H3/b33-23-,40-22?/t26-/m1/s1. The van der Waals surface area contributed by atoms with E-state index in [-0.39, 0.29) is 18.3 Å². The predicted molar refractivity (Wildman–Crippen MR) is 173 cm³/mol. The van der Waals surface area contributed by atoms with Gasteiger partial charge in [-0.1, -0.05) is 48.0 Å².